The standard InChI is InChI=1S/C11H16ClNO3S/c1-8-7-9(12)5-6-10(8)17(14,15)13-16-11(2,3)4/h5-7,13H,1-4H3. The molecule has 0 aromatic heterocycles. The number of aryl methyl sites for hydroxylation is 1. The van der Waals surface area contributed by atoms with Gasteiger partial charge in [0.1, 0.15) is 0 Å². The van der Waals surface area contributed by atoms with Gasteiger partial charge in [-0.1, -0.05) is 16.5 Å². The molecule has 0 saturated heterocycles. The van der Waals surface area contributed by atoms with Crippen LogP contribution in [0, 0.1) is 6.92 Å². The van der Waals surface area contributed by atoms with E-state index in [2.05, 4.69) is 4.89 Å². The summed E-state index contributed by atoms with van der Waals surface area (Å²) in [4.78, 5) is 7.33. The second-order valence-corrected chi connectivity index (χ2v) is 6.76. The van der Waals surface area contributed by atoms with Crippen molar-refractivity contribution in [2.45, 2.75) is 38.2 Å². The highest BCUT2D eigenvalue weighted by Gasteiger charge is 2.20. The third-order valence-corrected chi connectivity index (χ3v) is 3.46. The van der Waals surface area contributed by atoms with Crippen LogP contribution in [0.2, 0.25) is 5.02 Å². The van der Waals surface area contributed by atoms with E-state index in [0.29, 0.717) is 10.6 Å². The van der Waals surface area contributed by atoms with Crippen molar-refractivity contribution in [3.8, 4) is 0 Å². The molecule has 0 unspecified atom stereocenters. The van der Waals surface area contributed by atoms with E-state index in [1.54, 1.807) is 33.8 Å². The number of nitrogens with one attached hydrogen (secondary N) is 1. The molecule has 0 saturated carbocycles. The van der Waals surface area contributed by atoms with Crippen molar-refractivity contribution in [1.82, 2.24) is 4.89 Å². The Hall–Kier alpha value is -0.620. The van der Waals surface area contributed by atoms with Crippen molar-refractivity contribution in [2.75, 3.05) is 0 Å². The van der Waals surface area contributed by atoms with Gasteiger partial charge >= 0.3 is 0 Å². The van der Waals surface area contributed by atoms with Gasteiger partial charge < -0.3 is 0 Å². The number of hydrogen-bond donors (Lipinski definition) is 1. The van der Waals surface area contributed by atoms with E-state index in [4.69, 9.17) is 16.4 Å². The fourth-order valence-electron chi connectivity index (χ4n) is 1.14. The van der Waals surface area contributed by atoms with Crippen molar-refractivity contribution in [3.63, 3.8) is 0 Å². The molecule has 0 heterocycles. The lowest BCUT2D eigenvalue weighted by atomic mass is 10.2. The summed E-state index contributed by atoms with van der Waals surface area (Å²) >= 11 is 5.77. The van der Waals surface area contributed by atoms with Gasteiger partial charge in [0.2, 0.25) is 0 Å². The third kappa shape index (κ3) is 4.27. The van der Waals surface area contributed by atoms with Gasteiger partial charge in [0.25, 0.3) is 10.0 Å². The normalized spacial score (nSPS) is 12.8. The Labute approximate surface area is 107 Å². The molecule has 4 nitrogen and oxygen atoms in total. The zero-order chi connectivity index (χ0) is 13.3. The lowest BCUT2D eigenvalue weighted by molar-refractivity contribution is -0.0357. The van der Waals surface area contributed by atoms with Crippen LogP contribution in [0.15, 0.2) is 23.1 Å². The van der Waals surface area contributed by atoms with E-state index in [-0.39, 0.29) is 4.90 Å². The molecule has 0 aliphatic carbocycles. The number of rotatable bonds is 3. The van der Waals surface area contributed by atoms with E-state index in [1.165, 1.54) is 12.1 Å². The Morgan fingerprint density at radius 2 is 1.88 bits per heavy atom. The summed E-state index contributed by atoms with van der Waals surface area (Å²) in [5.74, 6) is 0. The molecule has 1 aromatic carbocycles. The Balaban J connectivity index is 2.98. The molecule has 0 spiro atoms. The van der Waals surface area contributed by atoms with E-state index in [1.807, 2.05) is 0 Å². The van der Waals surface area contributed by atoms with Crippen LogP contribution in [0.4, 0.5) is 0 Å². The third-order valence-electron chi connectivity index (χ3n) is 1.88. The quantitative estimate of drug-likeness (QED) is 0.864. The molecular weight excluding hydrogens is 262 g/mol. The summed E-state index contributed by atoms with van der Waals surface area (Å²) < 4.78 is 23.9. The molecule has 0 aliphatic heterocycles. The maximum Gasteiger partial charge on any atom is 0.262 e. The molecule has 0 bridgehead atoms. The highest BCUT2D eigenvalue weighted by Crippen LogP contribution is 2.20. The van der Waals surface area contributed by atoms with Gasteiger partial charge in [0.15, 0.2) is 0 Å². The molecule has 0 atom stereocenters. The summed E-state index contributed by atoms with van der Waals surface area (Å²) in [5.41, 5.74) is -0.0181. The highest BCUT2D eigenvalue weighted by molar-refractivity contribution is 7.89. The lowest BCUT2D eigenvalue weighted by Crippen LogP contribution is -2.33. The van der Waals surface area contributed by atoms with E-state index < -0.39 is 15.6 Å². The molecule has 0 radical (unpaired) electrons. The van der Waals surface area contributed by atoms with Gasteiger partial charge in [-0.3, -0.25) is 4.84 Å². The highest BCUT2D eigenvalue weighted by atomic mass is 35.5. The first-order valence-electron chi connectivity index (χ1n) is 5.08. The summed E-state index contributed by atoms with van der Waals surface area (Å²) in [6.07, 6.45) is 0. The SMILES string of the molecule is Cc1cc(Cl)ccc1S(=O)(=O)NOC(C)(C)C. The minimum absolute atomic E-state index is 0.158. The first-order valence-corrected chi connectivity index (χ1v) is 6.94. The van der Waals surface area contributed by atoms with Crippen molar-refractivity contribution in [2.24, 2.45) is 0 Å². The minimum atomic E-state index is -3.67. The van der Waals surface area contributed by atoms with Gasteiger partial charge in [-0.05, 0) is 51.5 Å². The van der Waals surface area contributed by atoms with Crippen molar-refractivity contribution < 1.29 is 13.3 Å². The Morgan fingerprint density at radius 3 is 2.35 bits per heavy atom. The predicted molar refractivity (Wildman–Crippen MR) is 67.3 cm³/mol. The van der Waals surface area contributed by atoms with Crippen LogP contribution in [0.3, 0.4) is 0 Å². The zero-order valence-electron chi connectivity index (χ0n) is 10.2. The number of sulfonamides is 1. The van der Waals surface area contributed by atoms with Crippen molar-refractivity contribution in [1.29, 1.82) is 0 Å². The second-order valence-electron chi connectivity index (χ2n) is 4.71. The van der Waals surface area contributed by atoms with Crippen molar-refractivity contribution in [3.05, 3.63) is 28.8 Å². The van der Waals surface area contributed by atoms with Gasteiger partial charge in [0.05, 0.1) is 10.5 Å². The second kappa shape index (κ2) is 4.94. The molecule has 96 valence electrons. The molecule has 0 aliphatic rings. The molecular formula is C11H16ClNO3S. The molecule has 6 heteroatoms. The fourth-order valence-corrected chi connectivity index (χ4v) is 2.55. The Kier molecular flexibility index (Phi) is 4.19. The number of hydrogen-bond acceptors (Lipinski definition) is 3. The van der Waals surface area contributed by atoms with Gasteiger partial charge in [-0.2, -0.15) is 0 Å². The summed E-state index contributed by atoms with van der Waals surface area (Å²) in [7, 11) is -3.67. The van der Waals surface area contributed by atoms with Gasteiger partial charge in [-0.25, -0.2) is 8.42 Å². The average Bonchev–Trinajstić information content (AvgIpc) is 2.13. The van der Waals surface area contributed by atoms with Crippen LogP contribution < -0.4 is 4.89 Å². The van der Waals surface area contributed by atoms with Crippen molar-refractivity contribution >= 4 is 21.6 Å². The predicted octanol–water partition coefficient (Wildman–Crippen LogP) is 2.66. The largest absolute Gasteiger partial charge is 0.281 e. The number of halogens is 1. The number of benzene rings is 1. The molecule has 0 amide bonds. The van der Waals surface area contributed by atoms with E-state index in [0.717, 1.165) is 0 Å². The first-order chi connectivity index (χ1) is 7.62. The maximum atomic E-state index is 11.9. The molecule has 17 heavy (non-hydrogen) atoms. The van der Waals surface area contributed by atoms with E-state index in [9.17, 15) is 8.42 Å². The van der Waals surface area contributed by atoms with Crippen LogP contribution in [0.5, 0.6) is 0 Å². The smallest absolute Gasteiger partial charge is 0.262 e. The lowest BCUT2D eigenvalue weighted by Gasteiger charge is -2.19. The molecule has 1 aromatic rings. The van der Waals surface area contributed by atoms with Gasteiger partial charge in [0, 0.05) is 5.02 Å². The van der Waals surface area contributed by atoms with E-state index >= 15 is 0 Å². The van der Waals surface area contributed by atoms with Crippen LogP contribution in [0.25, 0.3) is 0 Å². The summed E-state index contributed by atoms with van der Waals surface area (Å²) in [6, 6.07) is 4.57. The topological polar surface area (TPSA) is 55.4 Å². The first kappa shape index (κ1) is 14.4. The van der Waals surface area contributed by atoms with Crippen LogP contribution >= 0.6 is 11.6 Å². The molecule has 0 fully saturated rings. The van der Waals surface area contributed by atoms with Crippen LogP contribution in [-0.4, -0.2) is 14.0 Å². The maximum absolute atomic E-state index is 11.9. The fraction of sp³-hybridized carbons (Fsp3) is 0.455. The minimum Gasteiger partial charge on any atom is -0.281 e. The molecule has 1 rings (SSSR count). The Bertz CT molecular complexity index is 506. The van der Waals surface area contributed by atoms with Crippen LogP contribution in [-0.2, 0) is 14.9 Å². The van der Waals surface area contributed by atoms with Gasteiger partial charge in [-0.15, -0.1) is 0 Å². The monoisotopic (exact) mass is 277 g/mol. The average molecular weight is 278 g/mol. The summed E-state index contributed by atoms with van der Waals surface area (Å²) in [5, 5.41) is 0.498. The Morgan fingerprint density at radius 1 is 1.29 bits per heavy atom. The summed E-state index contributed by atoms with van der Waals surface area (Å²) in [6.45, 7) is 6.94. The molecule has 1 N–H and O–H groups in total. The van der Waals surface area contributed by atoms with Crippen LogP contribution in [0.1, 0.15) is 26.3 Å². The zero-order valence-corrected chi connectivity index (χ0v) is 11.8.